The van der Waals surface area contributed by atoms with E-state index in [1.807, 2.05) is 0 Å². The largest absolute Gasteiger partial charge is 0.0619 e. The van der Waals surface area contributed by atoms with Gasteiger partial charge < -0.3 is 0 Å². The molecular weight excluding hydrogens is 625 g/mol. The number of hydrogen-bond donors (Lipinski definition) is 0. The normalized spacial score (nSPS) is 16.5. The zero-order valence-electron chi connectivity index (χ0n) is 30.6. The molecule has 0 heteroatoms. The summed E-state index contributed by atoms with van der Waals surface area (Å²) in [6.45, 7) is 11.6. The predicted molar refractivity (Wildman–Crippen MR) is 221 cm³/mol. The highest BCUT2D eigenvalue weighted by Crippen LogP contribution is 2.55. The molecule has 0 saturated carbocycles. The van der Waals surface area contributed by atoms with Crippen LogP contribution in [-0.2, 0) is 17.3 Å². The molecule has 1 atom stereocenters. The molecule has 0 aliphatic heterocycles. The van der Waals surface area contributed by atoms with Gasteiger partial charge in [-0.1, -0.05) is 165 Å². The lowest BCUT2D eigenvalue weighted by Crippen LogP contribution is -2.24. The lowest BCUT2D eigenvalue weighted by atomic mass is 9.74. The van der Waals surface area contributed by atoms with Crippen molar-refractivity contribution in [1.82, 2.24) is 0 Å². The molecule has 0 spiro atoms. The van der Waals surface area contributed by atoms with Crippen LogP contribution in [0.15, 0.2) is 152 Å². The van der Waals surface area contributed by atoms with Crippen molar-refractivity contribution in [3.05, 3.63) is 191 Å². The van der Waals surface area contributed by atoms with Crippen LogP contribution in [0.3, 0.4) is 0 Å². The molecule has 0 radical (unpaired) electrons. The number of rotatable bonds is 4. The Balaban J connectivity index is 1.07. The van der Waals surface area contributed by atoms with E-state index in [2.05, 4.69) is 186 Å². The summed E-state index contributed by atoms with van der Waals surface area (Å²) in [5.41, 5.74) is 20.1. The number of aryl methyl sites for hydroxylation is 2. The van der Waals surface area contributed by atoms with Crippen molar-refractivity contribution in [3.8, 4) is 44.5 Å². The van der Waals surface area contributed by atoms with Gasteiger partial charge in [-0.2, -0.15) is 0 Å². The molecule has 0 N–H and O–H groups in total. The number of fused-ring (bicyclic) bond motifs is 8. The highest BCUT2D eigenvalue weighted by Gasteiger charge is 2.41. The van der Waals surface area contributed by atoms with Crippen LogP contribution in [0.5, 0.6) is 0 Å². The zero-order chi connectivity index (χ0) is 35.4. The first-order valence-electron chi connectivity index (χ1n) is 18.7. The van der Waals surface area contributed by atoms with Crippen molar-refractivity contribution in [2.24, 2.45) is 0 Å². The molecule has 250 valence electrons. The van der Waals surface area contributed by atoms with Gasteiger partial charge >= 0.3 is 0 Å². The Morgan fingerprint density at radius 2 is 0.962 bits per heavy atom. The van der Waals surface area contributed by atoms with E-state index in [-0.39, 0.29) is 10.8 Å². The van der Waals surface area contributed by atoms with E-state index in [1.165, 1.54) is 105 Å². The van der Waals surface area contributed by atoms with Gasteiger partial charge in [0.2, 0.25) is 0 Å². The van der Waals surface area contributed by atoms with Gasteiger partial charge in [0.05, 0.1) is 0 Å². The van der Waals surface area contributed by atoms with E-state index in [4.69, 9.17) is 0 Å². The zero-order valence-corrected chi connectivity index (χ0v) is 30.6. The summed E-state index contributed by atoms with van der Waals surface area (Å²) < 4.78 is 0. The Hall–Kier alpha value is -5.72. The van der Waals surface area contributed by atoms with Crippen molar-refractivity contribution in [3.63, 3.8) is 0 Å². The van der Waals surface area contributed by atoms with E-state index in [9.17, 15) is 0 Å². The van der Waals surface area contributed by atoms with Gasteiger partial charge in [-0.15, -0.1) is 0 Å². The van der Waals surface area contributed by atoms with Crippen molar-refractivity contribution in [2.45, 2.75) is 51.9 Å². The Labute approximate surface area is 307 Å². The summed E-state index contributed by atoms with van der Waals surface area (Å²) in [4.78, 5) is 0. The van der Waals surface area contributed by atoms with Crippen molar-refractivity contribution in [2.75, 3.05) is 0 Å². The molecule has 0 saturated heterocycles. The third-order valence-electron chi connectivity index (χ3n) is 12.4. The maximum atomic E-state index is 2.51. The number of hydrogen-bond acceptors (Lipinski definition) is 0. The molecule has 1 unspecified atom stereocenters. The summed E-state index contributed by atoms with van der Waals surface area (Å²) in [7, 11) is 0. The molecule has 0 fully saturated rings. The molecular formula is C52H42. The third-order valence-corrected chi connectivity index (χ3v) is 12.4. The minimum absolute atomic E-state index is 0.105. The van der Waals surface area contributed by atoms with Crippen LogP contribution in [0.1, 0.15) is 59.7 Å². The lowest BCUT2D eigenvalue weighted by molar-refractivity contribution is 0.583. The minimum Gasteiger partial charge on any atom is -0.0619 e. The van der Waals surface area contributed by atoms with Crippen LogP contribution in [-0.4, -0.2) is 0 Å². The third kappa shape index (κ3) is 4.60. The van der Waals surface area contributed by atoms with E-state index < -0.39 is 0 Å². The van der Waals surface area contributed by atoms with Crippen molar-refractivity contribution >= 4 is 21.5 Å². The molecule has 8 aromatic carbocycles. The maximum Gasteiger partial charge on any atom is 0.0227 e. The fourth-order valence-electron chi connectivity index (χ4n) is 9.73. The molecule has 10 rings (SSSR count). The monoisotopic (exact) mass is 666 g/mol. The first kappa shape index (κ1) is 31.1. The van der Waals surface area contributed by atoms with E-state index >= 15 is 0 Å². The van der Waals surface area contributed by atoms with Crippen LogP contribution in [0, 0.1) is 13.8 Å². The van der Waals surface area contributed by atoms with Crippen LogP contribution in [0.25, 0.3) is 66.1 Å². The van der Waals surface area contributed by atoms with E-state index in [1.54, 1.807) is 0 Å². The highest BCUT2D eigenvalue weighted by molar-refractivity contribution is 5.93. The lowest BCUT2D eigenvalue weighted by Gasteiger charge is -2.29. The van der Waals surface area contributed by atoms with Gasteiger partial charge in [0.15, 0.2) is 0 Å². The van der Waals surface area contributed by atoms with E-state index in [0.717, 1.165) is 6.42 Å². The summed E-state index contributed by atoms with van der Waals surface area (Å²) in [6, 6.07) is 57.9. The van der Waals surface area contributed by atoms with Crippen LogP contribution >= 0.6 is 0 Å². The average molecular weight is 667 g/mol. The van der Waals surface area contributed by atoms with Crippen molar-refractivity contribution in [1.29, 1.82) is 0 Å². The maximum absolute atomic E-state index is 2.51. The first-order valence-corrected chi connectivity index (χ1v) is 18.7. The molecule has 0 heterocycles. The summed E-state index contributed by atoms with van der Waals surface area (Å²) in [5.74, 6) is 0. The van der Waals surface area contributed by atoms with Crippen LogP contribution in [0.4, 0.5) is 0 Å². The quantitative estimate of drug-likeness (QED) is 0.175. The van der Waals surface area contributed by atoms with Crippen molar-refractivity contribution < 1.29 is 0 Å². The molecule has 0 nitrogen and oxygen atoms in total. The SMILES string of the molecule is Cc1ccc2cc(-c3ccc4c(c3)C(C)(Cc3ccc5c(c3)-c3cccc(-c6ccc7cc(C)ccc7c6)c3C5(C)C)c3ccccc3-4)ccc2c1. The van der Waals surface area contributed by atoms with Gasteiger partial charge in [-0.05, 0) is 132 Å². The predicted octanol–water partition coefficient (Wildman–Crippen LogP) is 13.8. The minimum atomic E-state index is -0.160. The Kier molecular flexibility index (Phi) is 6.65. The van der Waals surface area contributed by atoms with Gasteiger partial charge in [0, 0.05) is 10.8 Å². The summed E-state index contributed by atoms with van der Waals surface area (Å²) in [6.07, 6.45) is 0.935. The Morgan fingerprint density at radius 1 is 0.385 bits per heavy atom. The average Bonchev–Trinajstić information content (AvgIpc) is 3.54. The van der Waals surface area contributed by atoms with Crippen LogP contribution in [0.2, 0.25) is 0 Å². The van der Waals surface area contributed by atoms with Gasteiger partial charge in [-0.3, -0.25) is 0 Å². The smallest absolute Gasteiger partial charge is 0.0227 e. The fourth-order valence-corrected chi connectivity index (χ4v) is 9.73. The number of benzene rings is 8. The van der Waals surface area contributed by atoms with E-state index in [0.29, 0.717) is 0 Å². The second kappa shape index (κ2) is 11.1. The topological polar surface area (TPSA) is 0 Å². The van der Waals surface area contributed by atoms with Gasteiger partial charge in [0.25, 0.3) is 0 Å². The Morgan fingerprint density at radius 3 is 1.73 bits per heavy atom. The highest BCUT2D eigenvalue weighted by atomic mass is 14.4. The molecule has 8 aromatic rings. The molecule has 2 aliphatic rings. The first-order chi connectivity index (χ1) is 25.2. The molecule has 0 amide bonds. The van der Waals surface area contributed by atoms with Gasteiger partial charge in [-0.25, -0.2) is 0 Å². The van der Waals surface area contributed by atoms with Gasteiger partial charge in [0.1, 0.15) is 0 Å². The standard InChI is InChI=1S/C52H42/c1-32-13-16-37-28-39(19-18-35(37)25-32)40-22-23-44-43-9-6-7-12-48(43)52(5,49(44)30-40)31-34-15-24-47-46(27-34)45-11-8-10-42(50(45)51(47,3)4)41-21-20-36-26-33(2)14-17-38(36)29-41/h6-30H,31H2,1-5H3. The fraction of sp³-hybridized carbons (Fsp3) is 0.154. The molecule has 52 heavy (non-hydrogen) atoms. The van der Waals surface area contributed by atoms with Crippen LogP contribution < -0.4 is 0 Å². The Bertz CT molecular complexity index is 2770. The second-order valence-electron chi connectivity index (χ2n) is 16.2. The second-order valence-corrected chi connectivity index (χ2v) is 16.2. The molecule has 0 bridgehead atoms. The summed E-state index contributed by atoms with van der Waals surface area (Å²) in [5, 5.41) is 5.17. The molecule has 2 aliphatic carbocycles. The molecule has 0 aromatic heterocycles. The summed E-state index contributed by atoms with van der Waals surface area (Å²) >= 11 is 0.